The monoisotopic (exact) mass is 386 g/mol. The number of anilines is 1. The number of hydrazine groups is 1. The first-order valence-corrected chi connectivity index (χ1v) is 7.63. The molecule has 0 saturated carbocycles. The molecule has 0 bridgehead atoms. The van der Waals surface area contributed by atoms with Gasteiger partial charge in [-0.25, -0.2) is 0 Å². The van der Waals surface area contributed by atoms with E-state index >= 15 is 0 Å². The van der Waals surface area contributed by atoms with Crippen molar-refractivity contribution in [2.45, 2.75) is 32.4 Å². The number of hydrogen-bond acceptors (Lipinski definition) is 3. The molecule has 0 aliphatic heterocycles. The summed E-state index contributed by atoms with van der Waals surface area (Å²) in [4.78, 5) is 22.4. The molecule has 0 fully saturated rings. The summed E-state index contributed by atoms with van der Waals surface area (Å²) in [6.07, 6.45) is -4.33. The van der Waals surface area contributed by atoms with Gasteiger partial charge in [-0.1, -0.05) is 36.5 Å². The van der Waals surface area contributed by atoms with Gasteiger partial charge in [0.25, 0.3) is 0 Å². The zero-order valence-electron chi connectivity index (χ0n) is 12.5. The van der Waals surface area contributed by atoms with E-state index in [0.717, 1.165) is 0 Å². The van der Waals surface area contributed by atoms with E-state index in [0.29, 0.717) is 18.6 Å². The second kappa shape index (κ2) is 8.43. The Hall–Kier alpha value is -1.67. The highest BCUT2D eigenvalue weighted by molar-refractivity contribution is 6.39. The lowest BCUT2D eigenvalue weighted by molar-refractivity contribution is -0.139. The summed E-state index contributed by atoms with van der Waals surface area (Å²) in [5.74, 6) is -1.91. The van der Waals surface area contributed by atoms with Gasteiger partial charge >= 0.3 is 12.1 Å². The lowest BCUT2D eigenvalue weighted by Gasteiger charge is -2.16. The molecule has 3 N–H and O–H groups in total. The third-order valence-corrected chi connectivity index (χ3v) is 3.81. The molecule has 10 heteroatoms. The van der Waals surface area contributed by atoms with Crippen LogP contribution in [0.4, 0.5) is 18.9 Å². The molecule has 0 heterocycles. The van der Waals surface area contributed by atoms with Crippen LogP contribution in [0, 0.1) is 5.92 Å². The van der Waals surface area contributed by atoms with Gasteiger partial charge in [0.2, 0.25) is 5.91 Å². The molecular formula is C14H15Cl2F3N2O3. The topological polar surface area (TPSA) is 78.4 Å². The van der Waals surface area contributed by atoms with Crippen LogP contribution in [-0.2, 0) is 15.8 Å². The van der Waals surface area contributed by atoms with Crippen molar-refractivity contribution in [2.24, 2.45) is 5.92 Å². The molecule has 1 aromatic carbocycles. The van der Waals surface area contributed by atoms with Crippen molar-refractivity contribution in [3.63, 3.8) is 0 Å². The molecule has 5 nitrogen and oxygen atoms in total. The van der Waals surface area contributed by atoms with Gasteiger partial charge in [-0.05, 0) is 18.1 Å². The molecule has 1 atom stereocenters. The van der Waals surface area contributed by atoms with Crippen LogP contribution in [0.1, 0.15) is 31.7 Å². The van der Waals surface area contributed by atoms with Crippen LogP contribution in [0.5, 0.6) is 0 Å². The number of halogens is 5. The molecular weight excluding hydrogens is 372 g/mol. The predicted octanol–water partition coefficient (Wildman–Crippen LogP) is 4.35. The average Bonchev–Trinajstić information content (AvgIpc) is 2.43. The first kappa shape index (κ1) is 20.4. The van der Waals surface area contributed by atoms with Gasteiger partial charge in [0.15, 0.2) is 0 Å². The Bertz CT molecular complexity index is 601. The van der Waals surface area contributed by atoms with Crippen LogP contribution in [-0.4, -0.2) is 17.0 Å². The van der Waals surface area contributed by atoms with Gasteiger partial charge in [0, 0.05) is 12.8 Å². The molecule has 0 saturated heterocycles. The number of carboxylic acid groups (broad SMARTS) is 1. The Kier molecular flexibility index (Phi) is 7.16. The van der Waals surface area contributed by atoms with Gasteiger partial charge in [0.05, 0.1) is 21.3 Å². The van der Waals surface area contributed by atoms with E-state index in [4.69, 9.17) is 28.3 Å². The van der Waals surface area contributed by atoms with Crippen molar-refractivity contribution in [3.05, 3.63) is 27.7 Å². The molecule has 0 aliphatic rings. The maximum atomic E-state index is 12.6. The van der Waals surface area contributed by atoms with Gasteiger partial charge in [-0.2, -0.15) is 13.2 Å². The second-order valence-electron chi connectivity index (χ2n) is 5.06. The van der Waals surface area contributed by atoms with E-state index < -0.39 is 23.6 Å². The second-order valence-corrected chi connectivity index (χ2v) is 5.88. The number of rotatable bonds is 7. The third-order valence-electron chi connectivity index (χ3n) is 3.21. The molecule has 1 unspecified atom stereocenters. The highest BCUT2D eigenvalue weighted by Gasteiger charge is 2.32. The molecule has 1 amide bonds. The maximum absolute atomic E-state index is 12.6. The molecule has 24 heavy (non-hydrogen) atoms. The standard InChI is InChI=1S/C14H15Cl2F3N2O3/c1-2-7(4-12(23)24)3-11(22)20-21-13-9(15)5-8(6-10(13)16)14(17,18)19/h5-7,21H,2-4H2,1H3,(H,20,22)(H,23,24). The van der Waals surface area contributed by atoms with Gasteiger partial charge in [-0.15, -0.1) is 0 Å². The van der Waals surface area contributed by atoms with Crippen LogP contribution < -0.4 is 10.9 Å². The van der Waals surface area contributed by atoms with E-state index in [1.807, 2.05) is 0 Å². The summed E-state index contributed by atoms with van der Waals surface area (Å²) in [5, 5.41) is 8.10. The summed E-state index contributed by atoms with van der Waals surface area (Å²) in [6, 6.07) is 1.36. The normalized spacial score (nSPS) is 12.6. The summed E-state index contributed by atoms with van der Waals surface area (Å²) in [7, 11) is 0. The fourth-order valence-electron chi connectivity index (χ4n) is 1.91. The molecule has 134 valence electrons. The number of alkyl halides is 3. The van der Waals surface area contributed by atoms with E-state index in [1.54, 1.807) is 6.92 Å². The van der Waals surface area contributed by atoms with Crippen LogP contribution in [0.15, 0.2) is 12.1 Å². The van der Waals surface area contributed by atoms with Crippen LogP contribution in [0.3, 0.4) is 0 Å². The Morgan fingerprint density at radius 3 is 2.17 bits per heavy atom. The van der Waals surface area contributed by atoms with Crippen molar-refractivity contribution in [2.75, 3.05) is 5.43 Å². The zero-order valence-corrected chi connectivity index (χ0v) is 14.0. The number of nitrogens with one attached hydrogen (secondary N) is 2. The first-order valence-electron chi connectivity index (χ1n) is 6.87. The molecule has 0 aliphatic carbocycles. The van der Waals surface area contributed by atoms with E-state index in [-0.39, 0.29) is 34.5 Å². The number of hydrogen-bond donors (Lipinski definition) is 3. The number of aliphatic carboxylic acids is 1. The first-order chi connectivity index (χ1) is 11.0. The van der Waals surface area contributed by atoms with E-state index in [2.05, 4.69) is 10.9 Å². The third kappa shape index (κ3) is 6.09. The maximum Gasteiger partial charge on any atom is 0.416 e. The lowest BCUT2D eigenvalue weighted by atomic mass is 9.98. The SMILES string of the molecule is CCC(CC(=O)O)CC(=O)NNc1c(Cl)cc(C(F)(F)F)cc1Cl. The molecule has 0 aromatic heterocycles. The molecule has 1 aromatic rings. The van der Waals surface area contributed by atoms with Crippen LogP contribution >= 0.6 is 23.2 Å². The van der Waals surface area contributed by atoms with E-state index in [9.17, 15) is 22.8 Å². The van der Waals surface area contributed by atoms with Crippen molar-refractivity contribution in [3.8, 4) is 0 Å². The summed E-state index contributed by atoms with van der Waals surface area (Å²) >= 11 is 11.5. The summed E-state index contributed by atoms with van der Waals surface area (Å²) in [5.41, 5.74) is 3.52. The fraction of sp³-hybridized carbons (Fsp3) is 0.429. The Morgan fingerprint density at radius 2 is 1.75 bits per heavy atom. The van der Waals surface area contributed by atoms with Gasteiger partial charge < -0.3 is 5.11 Å². The van der Waals surface area contributed by atoms with Gasteiger partial charge in [0.1, 0.15) is 0 Å². The quantitative estimate of drug-likeness (QED) is 0.608. The Labute approximate surface area is 146 Å². The Balaban J connectivity index is 2.74. The Morgan fingerprint density at radius 1 is 1.21 bits per heavy atom. The van der Waals surface area contributed by atoms with Crippen molar-refractivity contribution in [1.29, 1.82) is 0 Å². The minimum atomic E-state index is -4.60. The number of benzene rings is 1. The highest BCUT2D eigenvalue weighted by Crippen LogP contribution is 2.38. The van der Waals surface area contributed by atoms with Crippen LogP contribution in [0.2, 0.25) is 10.0 Å². The van der Waals surface area contributed by atoms with Crippen LogP contribution in [0.25, 0.3) is 0 Å². The summed E-state index contributed by atoms with van der Waals surface area (Å²) < 4.78 is 37.9. The smallest absolute Gasteiger partial charge is 0.416 e. The van der Waals surface area contributed by atoms with Crippen molar-refractivity contribution < 1.29 is 27.9 Å². The fourth-order valence-corrected chi connectivity index (χ4v) is 2.49. The highest BCUT2D eigenvalue weighted by atomic mass is 35.5. The number of amides is 1. The zero-order chi connectivity index (χ0) is 18.5. The average molecular weight is 387 g/mol. The number of carbonyl (C=O) groups excluding carboxylic acids is 1. The van der Waals surface area contributed by atoms with Crippen molar-refractivity contribution >= 4 is 40.8 Å². The minimum Gasteiger partial charge on any atom is -0.481 e. The molecule has 0 radical (unpaired) electrons. The molecule has 1 rings (SSSR count). The molecule has 0 spiro atoms. The minimum absolute atomic E-state index is 0.0638. The van der Waals surface area contributed by atoms with Gasteiger partial charge in [-0.3, -0.25) is 20.4 Å². The largest absolute Gasteiger partial charge is 0.481 e. The van der Waals surface area contributed by atoms with Crippen molar-refractivity contribution in [1.82, 2.24) is 5.43 Å². The predicted molar refractivity (Wildman–Crippen MR) is 83.9 cm³/mol. The number of carboxylic acids is 1. The lowest BCUT2D eigenvalue weighted by Crippen LogP contribution is -2.31. The number of carbonyl (C=O) groups is 2. The summed E-state index contributed by atoms with van der Waals surface area (Å²) in [6.45, 7) is 1.75. The van der Waals surface area contributed by atoms with E-state index in [1.165, 1.54) is 0 Å².